The van der Waals surface area contributed by atoms with Gasteiger partial charge in [0.2, 0.25) is 0 Å². The molecule has 0 saturated carbocycles. The minimum absolute atomic E-state index is 0.275. The largest absolute Gasteiger partial charge is 0.508 e. The summed E-state index contributed by atoms with van der Waals surface area (Å²) >= 11 is 0. The molecule has 14 heavy (non-hydrogen) atoms. The molecule has 0 atom stereocenters. The summed E-state index contributed by atoms with van der Waals surface area (Å²) in [7, 11) is 0. The van der Waals surface area contributed by atoms with E-state index in [-0.39, 0.29) is 5.75 Å². The molecule has 1 heterocycles. The lowest BCUT2D eigenvalue weighted by Crippen LogP contribution is -1.87. The van der Waals surface area contributed by atoms with Crippen LogP contribution in [0, 0.1) is 6.92 Å². The number of oxazole rings is 1. The summed E-state index contributed by atoms with van der Waals surface area (Å²) in [6.45, 7) is 1.89. The van der Waals surface area contributed by atoms with Crippen LogP contribution in [0.5, 0.6) is 5.75 Å². The lowest BCUT2D eigenvalue weighted by atomic mass is 10.1. The molecule has 3 heteroatoms. The molecule has 2 aromatic rings. The Morgan fingerprint density at radius 3 is 2.57 bits per heavy atom. The zero-order valence-electron chi connectivity index (χ0n) is 7.90. The highest BCUT2D eigenvalue weighted by molar-refractivity contribution is 5.27. The lowest BCUT2D eigenvalue weighted by Gasteiger charge is -1.96. The van der Waals surface area contributed by atoms with Gasteiger partial charge in [-0.3, -0.25) is 0 Å². The summed E-state index contributed by atoms with van der Waals surface area (Å²) in [4.78, 5) is 4.20. The first kappa shape index (κ1) is 8.81. The number of hydrogen-bond donors (Lipinski definition) is 1. The normalized spacial score (nSPS) is 10.4. The molecule has 0 amide bonds. The van der Waals surface area contributed by atoms with Gasteiger partial charge in [0.05, 0.1) is 5.69 Å². The minimum Gasteiger partial charge on any atom is -0.508 e. The topological polar surface area (TPSA) is 46.3 Å². The van der Waals surface area contributed by atoms with Crippen molar-refractivity contribution in [1.29, 1.82) is 0 Å². The summed E-state index contributed by atoms with van der Waals surface area (Å²) in [6.07, 6.45) is 2.30. The van der Waals surface area contributed by atoms with E-state index in [0.29, 0.717) is 12.3 Å². The molecule has 1 aromatic carbocycles. The second-order valence-corrected chi connectivity index (χ2v) is 3.23. The van der Waals surface area contributed by atoms with E-state index >= 15 is 0 Å². The van der Waals surface area contributed by atoms with Crippen LogP contribution in [0.2, 0.25) is 0 Å². The molecular formula is C11H11NO2. The zero-order valence-corrected chi connectivity index (χ0v) is 7.90. The van der Waals surface area contributed by atoms with E-state index in [0.717, 1.165) is 11.3 Å². The van der Waals surface area contributed by atoms with E-state index in [1.165, 1.54) is 0 Å². The highest BCUT2D eigenvalue weighted by atomic mass is 16.3. The van der Waals surface area contributed by atoms with Crippen molar-refractivity contribution in [2.24, 2.45) is 0 Å². The van der Waals surface area contributed by atoms with Gasteiger partial charge in [-0.15, -0.1) is 0 Å². The number of hydrogen-bond acceptors (Lipinski definition) is 3. The van der Waals surface area contributed by atoms with Gasteiger partial charge in [0.25, 0.3) is 0 Å². The van der Waals surface area contributed by atoms with Crippen LogP contribution in [0.15, 0.2) is 34.9 Å². The number of nitrogens with zero attached hydrogens (tertiary/aromatic N) is 1. The Labute approximate surface area is 82.0 Å². The third kappa shape index (κ3) is 1.93. The van der Waals surface area contributed by atoms with Crippen LogP contribution >= 0.6 is 0 Å². The Morgan fingerprint density at radius 1 is 1.29 bits per heavy atom. The standard InChI is InChI=1S/C11H11NO2/c1-8-7-14-11(12-8)6-9-2-4-10(13)5-3-9/h2-5,7,13H,6H2,1H3. The molecule has 1 N–H and O–H groups in total. The van der Waals surface area contributed by atoms with Crippen molar-refractivity contribution in [2.75, 3.05) is 0 Å². The molecule has 0 spiro atoms. The van der Waals surface area contributed by atoms with Crippen LogP contribution in [0.1, 0.15) is 17.1 Å². The van der Waals surface area contributed by atoms with Gasteiger partial charge in [-0.25, -0.2) is 4.98 Å². The van der Waals surface area contributed by atoms with E-state index in [1.54, 1.807) is 18.4 Å². The number of aromatic nitrogens is 1. The number of phenolic OH excluding ortho intramolecular Hbond substituents is 1. The second kappa shape index (κ2) is 3.54. The van der Waals surface area contributed by atoms with Crippen molar-refractivity contribution in [3.05, 3.63) is 47.7 Å². The third-order valence-electron chi connectivity index (χ3n) is 1.96. The van der Waals surface area contributed by atoms with Crippen LogP contribution in [0.3, 0.4) is 0 Å². The average molecular weight is 189 g/mol. The van der Waals surface area contributed by atoms with Crippen LogP contribution in [0.4, 0.5) is 0 Å². The molecule has 0 unspecified atom stereocenters. The lowest BCUT2D eigenvalue weighted by molar-refractivity contribution is 0.474. The van der Waals surface area contributed by atoms with Crippen molar-refractivity contribution < 1.29 is 9.52 Å². The Kier molecular flexibility index (Phi) is 2.23. The highest BCUT2D eigenvalue weighted by Crippen LogP contribution is 2.13. The van der Waals surface area contributed by atoms with Crippen molar-refractivity contribution in [3.8, 4) is 5.75 Å². The van der Waals surface area contributed by atoms with E-state index in [9.17, 15) is 0 Å². The van der Waals surface area contributed by atoms with E-state index < -0.39 is 0 Å². The highest BCUT2D eigenvalue weighted by Gasteiger charge is 2.01. The summed E-state index contributed by atoms with van der Waals surface area (Å²) < 4.78 is 5.22. The number of benzene rings is 1. The zero-order chi connectivity index (χ0) is 9.97. The fourth-order valence-corrected chi connectivity index (χ4v) is 1.27. The maximum absolute atomic E-state index is 9.09. The SMILES string of the molecule is Cc1coc(Cc2ccc(O)cc2)n1. The van der Waals surface area contributed by atoms with Gasteiger partial charge >= 0.3 is 0 Å². The van der Waals surface area contributed by atoms with Gasteiger partial charge in [0.1, 0.15) is 12.0 Å². The maximum Gasteiger partial charge on any atom is 0.198 e. The predicted molar refractivity (Wildman–Crippen MR) is 52.2 cm³/mol. The predicted octanol–water partition coefficient (Wildman–Crippen LogP) is 2.28. The van der Waals surface area contributed by atoms with Gasteiger partial charge < -0.3 is 9.52 Å². The molecule has 0 bridgehead atoms. The van der Waals surface area contributed by atoms with Gasteiger partial charge in [0.15, 0.2) is 5.89 Å². The Morgan fingerprint density at radius 2 is 2.00 bits per heavy atom. The van der Waals surface area contributed by atoms with Crippen LogP contribution in [0.25, 0.3) is 0 Å². The molecule has 1 aromatic heterocycles. The number of phenols is 1. The fourth-order valence-electron chi connectivity index (χ4n) is 1.27. The van der Waals surface area contributed by atoms with Crippen molar-refractivity contribution >= 4 is 0 Å². The molecule has 0 aliphatic rings. The smallest absolute Gasteiger partial charge is 0.198 e. The van der Waals surface area contributed by atoms with Crippen molar-refractivity contribution in [1.82, 2.24) is 4.98 Å². The molecule has 72 valence electrons. The first-order valence-electron chi connectivity index (χ1n) is 4.43. The van der Waals surface area contributed by atoms with Gasteiger partial charge in [-0.05, 0) is 24.6 Å². The number of aromatic hydroxyl groups is 1. The quantitative estimate of drug-likeness (QED) is 0.788. The first-order chi connectivity index (χ1) is 6.74. The van der Waals surface area contributed by atoms with Crippen molar-refractivity contribution in [3.63, 3.8) is 0 Å². The van der Waals surface area contributed by atoms with Gasteiger partial charge in [-0.2, -0.15) is 0 Å². The third-order valence-corrected chi connectivity index (χ3v) is 1.96. The molecule has 0 saturated heterocycles. The molecule has 0 fully saturated rings. The van der Waals surface area contributed by atoms with Crippen LogP contribution < -0.4 is 0 Å². The number of aryl methyl sites for hydroxylation is 1. The van der Waals surface area contributed by atoms with Gasteiger partial charge in [0, 0.05) is 6.42 Å². The van der Waals surface area contributed by atoms with Gasteiger partial charge in [-0.1, -0.05) is 12.1 Å². The Hall–Kier alpha value is -1.77. The average Bonchev–Trinajstić information content (AvgIpc) is 2.56. The van der Waals surface area contributed by atoms with Crippen molar-refractivity contribution in [2.45, 2.75) is 13.3 Å². The Balaban J connectivity index is 2.15. The maximum atomic E-state index is 9.09. The van der Waals surface area contributed by atoms with E-state index in [4.69, 9.17) is 9.52 Å². The molecule has 2 rings (SSSR count). The van der Waals surface area contributed by atoms with Crippen LogP contribution in [-0.2, 0) is 6.42 Å². The molecule has 3 nitrogen and oxygen atoms in total. The second-order valence-electron chi connectivity index (χ2n) is 3.23. The summed E-state index contributed by atoms with van der Waals surface area (Å²) in [6, 6.07) is 7.03. The van der Waals surface area contributed by atoms with Crippen LogP contribution in [-0.4, -0.2) is 10.1 Å². The Bertz CT molecular complexity index is 417. The monoisotopic (exact) mass is 189 g/mol. The molecule has 0 aliphatic carbocycles. The fraction of sp³-hybridized carbons (Fsp3) is 0.182. The van der Waals surface area contributed by atoms with E-state index in [1.807, 2.05) is 19.1 Å². The van der Waals surface area contributed by atoms with E-state index in [2.05, 4.69) is 4.98 Å². The molecule has 0 radical (unpaired) electrons. The number of rotatable bonds is 2. The summed E-state index contributed by atoms with van der Waals surface area (Å²) in [5, 5.41) is 9.09. The minimum atomic E-state index is 0.275. The summed E-state index contributed by atoms with van der Waals surface area (Å²) in [5.74, 6) is 0.977. The molecular weight excluding hydrogens is 178 g/mol. The first-order valence-corrected chi connectivity index (χ1v) is 4.43. The summed E-state index contributed by atoms with van der Waals surface area (Å²) in [5.41, 5.74) is 1.96. The molecule has 0 aliphatic heterocycles.